The molecule has 0 fully saturated rings. The number of hydrogen-bond acceptors (Lipinski definition) is 2. The molecule has 2 N–H and O–H groups in total. The Morgan fingerprint density at radius 1 is 1.05 bits per heavy atom. The lowest BCUT2D eigenvalue weighted by Crippen LogP contribution is -2.28. The molecule has 1 heterocycles. The molecule has 1 aromatic carbocycles. The minimum absolute atomic E-state index is 0.0299. The third kappa shape index (κ3) is 3.14. The second-order valence-corrected chi connectivity index (χ2v) is 6.16. The molecular formula is C19H26N2O. The second kappa shape index (κ2) is 6.93. The van der Waals surface area contributed by atoms with Gasteiger partial charge < -0.3 is 10.3 Å². The van der Waals surface area contributed by atoms with Crippen molar-refractivity contribution in [2.75, 3.05) is 0 Å². The van der Waals surface area contributed by atoms with Crippen molar-refractivity contribution in [1.29, 1.82) is 0 Å². The van der Waals surface area contributed by atoms with Gasteiger partial charge in [-0.1, -0.05) is 51.1 Å². The van der Waals surface area contributed by atoms with E-state index in [1.54, 1.807) is 0 Å². The maximum Gasteiger partial charge on any atom is 0.255 e. The van der Waals surface area contributed by atoms with Crippen molar-refractivity contribution in [1.82, 2.24) is 4.57 Å². The molecule has 0 spiro atoms. The first-order chi connectivity index (χ1) is 10.5. The molecule has 0 amide bonds. The van der Waals surface area contributed by atoms with E-state index >= 15 is 0 Å². The van der Waals surface area contributed by atoms with Gasteiger partial charge >= 0.3 is 0 Å². The van der Waals surface area contributed by atoms with Gasteiger partial charge in [-0.05, 0) is 36.5 Å². The Morgan fingerprint density at radius 3 is 2.18 bits per heavy atom. The zero-order valence-corrected chi connectivity index (χ0v) is 14.0. The quantitative estimate of drug-likeness (QED) is 0.904. The lowest BCUT2D eigenvalue weighted by Gasteiger charge is -2.20. The Bertz CT molecular complexity index is 684. The van der Waals surface area contributed by atoms with Crippen LogP contribution in [0, 0.1) is 0 Å². The molecule has 2 aromatic rings. The summed E-state index contributed by atoms with van der Waals surface area (Å²) in [4.78, 5) is 12.7. The largest absolute Gasteiger partial charge is 0.326 e. The van der Waals surface area contributed by atoms with E-state index in [0.717, 1.165) is 17.7 Å². The van der Waals surface area contributed by atoms with Gasteiger partial charge in [0.2, 0.25) is 0 Å². The first kappa shape index (κ1) is 16.5. The average Bonchev–Trinajstić information content (AvgIpc) is 2.53. The number of nitrogens with two attached hydrogens (primary N) is 1. The molecule has 22 heavy (non-hydrogen) atoms. The average molecular weight is 298 g/mol. The zero-order valence-electron chi connectivity index (χ0n) is 14.0. The molecular weight excluding hydrogens is 272 g/mol. The van der Waals surface area contributed by atoms with Crippen LogP contribution < -0.4 is 11.3 Å². The van der Waals surface area contributed by atoms with Crippen LogP contribution in [0.2, 0.25) is 0 Å². The zero-order chi connectivity index (χ0) is 16.3. The molecule has 0 saturated carbocycles. The Kier molecular flexibility index (Phi) is 5.19. The van der Waals surface area contributed by atoms with E-state index in [9.17, 15) is 4.79 Å². The van der Waals surface area contributed by atoms with Crippen LogP contribution in [0.5, 0.6) is 0 Å². The number of rotatable bonds is 5. The van der Waals surface area contributed by atoms with Gasteiger partial charge in [0.1, 0.15) is 0 Å². The van der Waals surface area contributed by atoms with Crippen molar-refractivity contribution in [3.8, 4) is 11.3 Å². The van der Waals surface area contributed by atoms with Crippen molar-refractivity contribution in [2.45, 2.75) is 52.6 Å². The van der Waals surface area contributed by atoms with Crippen LogP contribution in [0.25, 0.3) is 11.3 Å². The highest BCUT2D eigenvalue weighted by molar-refractivity contribution is 5.60. The van der Waals surface area contributed by atoms with Crippen LogP contribution in [-0.4, -0.2) is 4.57 Å². The maximum atomic E-state index is 12.7. The van der Waals surface area contributed by atoms with Crippen LogP contribution in [0.3, 0.4) is 0 Å². The standard InChI is InChI=1S/C19H26N2O/c1-5-14(4)21-18(11-10-17(12-20)19(21)22)16-8-6-15(7-9-16)13(2)3/h6-11,13-14H,5,12,20H2,1-4H3. The van der Waals surface area contributed by atoms with Crippen molar-refractivity contribution in [3.63, 3.8) is 0 Å². The summed E-state index contributed by atoms with van der Waals surface area (Å²) in [6.45, 7) is 8.81. The number of hydrogen-bond donors (Lipinski definition) is 1. The SMILES string of the molecule is CCC(C)n1c(-c2ccc(C(C)C)cc2)ccc(CN)c1=O. The fourth-order valence-corrected chi connectivity index (χ4v) is 2.64. The van der Waals surface area contributed by atoms with Gasteiger partial charge in [0, 0.05) is 18.2 Å². The molecule has 1 unspecified atom stereocenters. The predicted molar refractivity (Wildman–Crippen MR) is 93.1 cm³/mol. The number of pyridine rings is 1. The lowest BCUT2D eigenvalue weighted by atomic mass is 10.00. The van der Waals surface area contributed by atoms with Crippen LogP contribution in [0.15, 0.2) is 41.2 Å². The van der Waals surface area contributed by atoms with Crippen molar-refractivity contribution in [3.05, 3.63) is 57.9 Å². The Labute approximate surface area is 132 Å². The van der Waals surface area contributed by atoms with E-state index in [2.05, 4.69) is 52.0 Å². The fraction of sp³-hybridized carbons (Fsp3) is 0.421. The molecule has 3 nitrogen and oxygen atoms in total. The summed E-state index contributed by atoms with van der Waals surface area (Å²) in [5.74, 6) is 0.505. The fourth-order valence-electron chi connectivity index (χ4n) is 2.64. The monoisotopic (exact) mass is 298 g/mol. The molecule has 0 aliphatic carbocycles. The minimum atomic E-state index is 0.0299. The van der Waals surface area contributed by atoms with Crippen LogP contribution in [0.1, 0.15) is 57.2 Å². The highest BCUT2D eigenvalue weighted by Gasteiger charge is 2.14. The molecule has 0 aliphatic rings. The molecule has 118 valence electrons. The van der Waals surface area contributed by atoms with Crippen molar-refractivity contribution >= 4 is 0 Å². The van der Waals surface area contributed by atoms with Crippen molar-refractivity contribution < 1.29 is 0 Å². The summed E-state index contributed by atoms with van der Waals surface area (Å²) < 4.78 is 1.88. The maximum absolute atomic E-state index is 12.7. The first-order valence-electron chi connectivity index (χ1n) is 8.04. The predicted octanol–water partition coefficient (Wildman–Crippen LogP) is 4.07. The number of aromatic nitrogens is 1. The molecule has 0 radical (unpaired) electrons. The summed E-state index contributed by atoms with van der Waals surface area (Å²) in [7, 11) is 0. The smallest absolute Gasteiger partial charge is 0.255 e. The minimum Gasteiger partial charge on any atom is -0.326 e. The molecule has 3 heteroatoms. The van der Waals surface area contributed by atoms with Gasteiger partial charge in [-0.15, -0.1) is 0 Å². The highest BCUT2D eigenvalue weighted by Crippen LogP contribution is 2.25. The van der Waals surface area contributed by atoms with Gasteiger partial charge in [0.25, 0.3) is 5.56 Å². The Morgan fingerprint density at radius 2 is 1.68 bits per heavy atom. The van der Waals surface area contributed by atoms with E-state index in [0.29, 0.717) is 11.5 Å². The van der Waals surface area contributed by atoms with Crippen molar-refractivity contribution in [2.24, 2.45) is 5.73 Å². The molecule has 2 rings (SSSR count). The van der Waals surface area contributed by atoms with Gasteiger partial charge in [0.05, 0.1) is 5.69 Å². The van der Waals surface area contributed by atoms with E-state index < -0.39 is 0 Å². The second-order valence-electron chi connectivity index (χ2n) is 6.16. The summed E-state index contributed by atoms with van der Waals surface area (Å²) in [6.07, 6.45) is 0.908. The van der Waals surface area contributed by atoms with Gasteiger partial charge in [0.15, 0.2) is 0 Å². The molecule has 1 aromatic heterocycles. The molecule has 0 saturated heterocycles. The van der Waals surface area contributed by atoms with E-state index in [1.807, 2.05) is 16.7 Å². The normalized spacial score (nSPS) is 12.6. The Hall–Kier alpha value is -1.87. The molecule has 0 aliphatic heterocycles. The third-order valence-corrected chi connectivity index (χ3v) is 4.32. The van der Waals surface area contributed by atoms with Crippen LogP contribution in [0.4, 0.5) is 0 Å². The van der Waals surface area contributed by atoms with Gasteiger partial charge in [-0.3, -0.25) is 4.79 Å². The first-order valence-corrected chi connectivity index (χ1v) is 8.04. The molecule has 0 bridgehead atoms. The molecule has 1 atom stereocenters. The number of nitrogens with zero attached hydrogens (tertiary/aromatic N) is 1. The van der Waals surface area contributed by atoms with Crippen LogP contribution >= 0.6 is 0 Å². The summed E-state index contributed by atoms with van der Waals surface area (Å²) >= 11 is 0. The number of benzene rings is 1. The van der Waals surface area contributed by atoms with Gasteiger partial charge in [-0.25, -0.2) is 0 Å². The van der Waals surface area contributed by atoms with E-state index in [-0.39, 0.29) is 18.1 Å². The summed E-state index contributed by atoms with van der Waals surface area (Å²) in [5, 5.41) is 0. The summed E-state index contributed by atoms with van der Waals surface area (Å²) in [5.41, 5.74) is 9.73. The third-order valence-electron chi connectivity index (χ3n) is 4.32. The van der Waals surface area contributed by atoms with Crippen LogP contribution in [-0.2, 0) is 6.54 Å². The Balaban J connectivity index is 2.59. The van der Waals surface area contributed by atoms with E-state index in [4.69, 9.17) is 5.73 Å². The lowest BCUT2D eigenvalue weighted by molar-refractivity contribution is 0.516. The van der Waals surface area contributed by atoms with Gasteiger partial charge in [-0.2, -0.15) is 0 Å². The summed E-state index contributed by atoms with van der Waals surface area (Å²) in [6, 6.07) is 12.5. The topological polar surface area (TPSA) is 48.0 Å². The van der Waals surface area contributed by atoms with E-state index in [1.165, 1.54) is 5.56 Å². The highest BCUT2D eigenvalue weighted by atomic mass is 16.1.